The number of ether oxygens (including phenoxy) is 2. The number of allylic oxidation sites excluding steroid dienone is 1. The highest BCUT2D eigenvalue weighted by molar-refractivity contribution is 7.80. The van der Waals surface area contributed by atoms with Gasteiger partial charge in [-0.1, -0.05) is 6.07 Å². The van der Waals surface area contributed by atoms with Crippen LogP contribution in [0.15, 0.2) is 44.2 Å². The summed E-state index contributed by atoms with van der Waals surface area (Å²) < 4.78 is 10.7. The van der Waals surface area contributed by atoms with Gasteiger partial charge in [-0.25, -0.2) is 9.79 Å². The normalized spacial score (nSPS) is 21.0. The number of rotatable bonds is 3. The Balaban J connectivity index is 1.77. The molecule has 5 rings (SSSR count). The molecule has 1 amide bonds. The highest BCUT2D eigenvalue weighted by atomic mass is 32.1. The SMILES string of the molecule is COc1ccc(C2C3=C(NC4=NC(=S)NC(=O)C4C3=O)Nc3[nH]c(=O)[nH]c(=O)c32)cc1OC. The number of aromatic amines is 2. The molecular weight excluding hydrogens is 452 g/mol. The number of aliphatic imine (C=N–C) groups is 1. The Kier molecular flexibility index (Phi) is 4.63. The minimum atomic E-state index is -1.26. The van der Waals surface area contributed by atoms with E-state index in [2.05, 4.69) is 30.9 Å². The number of amidine groups is 1. The number of thiocarbonyl (C=S) groups is 1. The van der Waals surface area contributed by atoms with Crippen LogP contribution in [-0.2, 0) is 9.59 Å². The first-order chi connectivity index (χ1) is 15.8. The number of hydrogen-bond acceptors (Lipinski definition) is 9. The lowest BCUT2D eigenvalue weighted by Gasteiger charge is -2.37. The molecule has 33 heavy (non-hydrogen) atoms. The molecule has 0 aliphatic carbocycles. The van der Waals surface area contributed by atoms with E-state index in [-0.39, 0.29) is 33.7 Å². The summed E-state index contributed by atoms with van der Waals surface area (Å²) in [5.41, 5.74) is -0.684. The molecule has 13 heteroatoms. The number of Topliss-reactive ketones (excluding diaryl/α,β-unsaturated/α-hetero) is 1. The molecule has 5 N–H and O–H groups in total. The number of methoxy groups -OCH3 is 2. The van der Waals surface area contributed by atoms with Crippen molar-refractivity contribution in [1.82, 2.24) is 20.6 Å². The van der Waals surface area contributed by atoms with Gasteiger partial charge in [0.25, 0.3) is 5.56 Å². The van der Waals surface area contributed by atoms with Crippen LogP contribution in [0.25, 0.3) is 0 Å². The first-order valence-electron chi connectivity index (χ1n) is 9.66. The lowest BCUT2D eigenvalue weighted by atomic mass is 9.76. The number of anilines is 1. The summed E-state index contributed by atoms with van der Waals surface area (Å²) in [4.78, 5) is 59.8. The van der Waals surface area contributed by atoms with Crippen molar-refractivity contribution in [2.45, 2.75) is 5.92 Å². The summed E-state index contributed by atoms with van der Waals surface area (Å²) in [5.74, 6) is -2.23. The molecule has 0 saturated carbocycles. The number of amides is 1. The molecule has 12 nitrogen and oxygen atoms in total. The zero-order valence-corrected chi connectivity index (χ0v) is 18.0. The highest BCUT2D eigenvalue weighted by Gasteiger charge is 2.48. The number of fused-ring (bicyclic) bond motifs is 2. The van der Waals surface area contributed by atoms with Gasteiger partial charge >= 0.3 is 5.69 Å². The van der Waals surface area contributed by atoms with Gasteiger partial charge in [0.15, 0.2) is 23.2 Å². The Morgan fingerprint density at radius 3 is 2.42 bits per heavy atom. The molecule has 4 heterocycles. The number of carbonyl (C=O) groups excluding carboxylic acids is 2. The number of H-pyrrole nitrogens is 2. The summed E-state index contributed by atoms with van der Waals surface area (Å²) in [5, 5.41) is 8.13. The molecule has 0 saturated heterocycles. The van der Waals surface area contributed by atoms with Crippen molar-refractivity contribution >= 4 is 40.7 Å². The van der Waals surface area contributed by atoms with E-state index >= 15 is 0 Å². The Bertz CT molecular complexity index is 1440. The van der Waals surface area contributed by atoms with Crippen LogP contribution < -0.4 is 36.7 Å². The number of nitrogens with one attached hydrogen (secondary N) is 5. The molecule has 2 atom stereocenters. The number of aromatic nitrogens is 2. The summed E-state index contributed by atoms with van der Waals surface area (Å²) >= 11 is 4.96. The topological polar surface area (TPSA) is 167 Å². The summed E-state index contributed by atoms with van der Waals surface area (Å²) in [7, 11) is 2.94. The summed E-state index contributed by atoms with van der Waals surface area (Å²) in [6.45, 7) is 0. The van der Waals surface area contributed by atoms with Crippen molar-refractivity contribution in [3.8, 4) is 11.5 Å². The Morgan fingerprint density at radius 2 is 1.70 bits per heavy atom. The summed E-state index contributed by atoms with van der Waals surface area (Å²) in [6.07, 6.45) is 0. The highest BCUT2D eigenvalue weighted by Crippen LogP contribution is 2.43. The van der Waals surface area contributed by atoms with Gasteiger partial charge in [-0.15, -0.1) is 0 Å². The molecule has 0 fully saturated rings. The fraction of sp³-hybridized carbons (Fsp3) is 0.200. The first-order valence-corrected chi connectivity index (χ1v) is 10.1. The van der Waals surface area contributed by atoms with Gasteiger partial charge in [-0.2, -0.15) is 0 Å². The van der Waals surface area contributed by atoms with Crippen LogP contribution in [0.2, 0.25) is 0 Å². The second-order valence-corrected chi connectivity index (χ2v) is 7.76. The lowest BCUT2D eigenvalue weighted by molar-refractivity contribution is -0.129. The van der Waals surface area contributed by atoms with E-state index in [4.69, 9.17) is 21.7 Å². The van der Waals surface area contributed by atoms with Crippen LogP contribution in [0.4, 0.5) is 5.82 Å². The molecule has 2 aromatic rings. The van der Waals surface area contributed by atoms with Crippen LogP contribution >= 0.6 is 12.2 Å². The number of nitrogens with zero attached hydrogens (tertiary/aromatic N) is 1. The van der Waals surface area contributed by atoms with E-state index in [1.807, 2.05) is 0 Å². The molecule has 1 aromatic carbocycles. The monoisotopic (exact) mass is 468 g/mol. The molecule has 3 aliphatic rings. The first kappa shape index (κ1) is 20.6. The van der Waals surface area contributed by atoms with Crippen molar-refractivity contribution in [3.05, 3.63) is 61.6 Å². The quantitative estimate of drug-likeness (QED) is 0.293. The summed E-state index contributed by atoms with van der Waals surface area (Å²) in [6, 6.07) is 4.93. The van der Waals surface area contributed by atoms with E-state index in [9.17, 15) is 19.2 Å². The average molecular weight is 468 g/mol. The maximum Gasteiger partial charge on any atom is 0.327 e. The van der Waals surface area contributed by atoms with Crippen molar-refractivity contribution in [2.24, 2.45) is 10.9 Å². The molecule has 0 spiro atoms. The smallest absolute Gasteiger partial charge is 0.327 e. The largest absolute Gasteiger partial charge is 0.493 e. The minimum Gasteiger partial charge on any atom is -0.493 e. The van der Waals surface area contributed by atoms with Gasteiger partial charge in [-0.05, 0) is 29.9 Å². The van der Waals surface area contributed by atoms with Gasteiger partial charge in [-0.3, -0.25) is 24.4 Å². The van der Waals surface area contributed by atoms with Crippen LogP contribution in [0.1, 0.15) is 17.0 Å². The maximum absolute atomic E-state index is 13.6. The Hall–Kier alpha value is -4.26. The zero-order valence-electron chi connectivity index (χ0n) is 17.2. The molecule has 3 aliphatic heterocycles. The van der Waals surface area contributed by atoms with Crippen molar-refractivity contribution in [1.29, 1.82) is 0 Å². The van der Waals surface area contributed by atoms with Crippen molar-refractivity contribution < 1.29 is 19.1 Å². The fourth-order valence-electron chi connectivity index (χ4n) is 4.21. The minimum absolute atomic E-state index is 0.0571. The molecular formula is C20H16N6O6S. The Labute approximate surface area is 190 Å². The van der Waals surface area contributed by atoms with E-state index in [0.717, 1.165) is 0 Å². The second-order valence-electron chi connectivity index (χ2n) is 7.37. The van der Waals surface area contributed by atoms with Gasteiger partial charge in [0.2, 0.25) is 11.0 Å². The molecule has 1 aromatic heterocycles. The zero-order chi connectivity index (χ0) is 23.4. The number of benzene rings is 1. The average Bonchev–Trinajstić information content (AvgIpc) is 2.76. The number of hydrogen-bond donors (Lipinski definition) is 5. The standard InChI is InChI=1S/C20H16N6O6S/c1-31-7-4-3-6(5-8(7)32-2)9-10-13(27)12-16(24-20(33)26-18(12)29)22-14(10)21-15-11(9)17(28)25-19(30)23-15/h3-5,9,12H,1-2H3,(H3,21,23,25,28,30)(H2,22,24,26,29,33). The number of ketones is 1. The van der Waals surface area contributed by atoms with Gasteiger partial charge in [0, 0.05) is 5.57 Å². The lowest BCUT2D eigenvalue weighted by Crippen LogP contribution is -2.56. The second kappa shape index (κ2) is 7.41. The van der Waals surface area contributed by atoms with E-state index < -0.39 is 34.8 Å². The molecule has 0 radical (unpaired) electrons. The van der Waals surface area contributed by atoms with Crippen molar-refractivity contribution in [3.63, 3.8) is 0 Å². The third-order valence-corrected chi connectivity index (χ3v) is 5.78. The maximum atomic E-state index is 13.6. The van der Waals surface area contributed by atoms with Gasteiger partial charge in [0.05, 0.1) is 25.7 Å². The number of carbonyl (C=O) groups is 2. The predicted molar refractivity (Wildman–Crippen MR) is 120 cm³/mol. The molecule has 0 bridgehead atoms. The van der Waals surface area contributed by atoms with Crippen LogP contribution in [0.3, 0.4) is 0 Å². The van der Waals surface area contributed by atoms with E-state index in [0.29, 0.717) is 17.1 Å². The van der Waals surface area contributed by atoms with Crippen LogP contribution in [0, 0.1) is 5.92 Å². The van der Waals surface area contributed by atoms with E-state index in [1.165, 1.54) is 14.2 Å². The van der Waals surface area contributed by atoms with E-state index in [1.54, 1.807) is 18.2 Å². The molecule has 2 unspecified atom stereocenters. The third-order valence-electron chi connectivity index (χ3n) is 5.59. The predicted octanol–water partition coefficient (Wildman–Crippen LogP) is -0.549. The molecule has 168 valence electrons. The van der Waals surface area contributed by atoms with Gasteiger partial charge < -0.3 is 25.4 Å². The van der Waals surface area contributed by atoms with Gasteiger partial charge in [0.1, 0.15) is 17.5 Å². The van der Waals surface area contributed by atoms with Crippen LogP contribution in [-0.4, -0.2) is 46.8 Å². The van der Waals surface area contributed by atoms with Crippen LogP contribution in [0.5, 0.6) is 11.5 Å². The Morgan fingerprint density at radius 1 is 0.939 bits per heavy atom. The third kappa shape index (κ3) is 3.12. The van der Waals surface area contributed by atoms with Crippen molar-refractivity contribution in [2.75, 3.05) is 19.5 Å². The fourth-order valence-corrected chi connectivity index (χ4v) is 4.41.